The van der Waals surface area contributed by atoms with Crippen molar-refractivity contribution < 1.29 is 14.4 Å². The average molecular weight is 514 g/mol. The summed E-state index contributed by atoms with van der Waals surface area (Å²) in [5, 5.41) is 8.07. The van der Waals surface area contributed by atoms with Crippen molar-refractivity contribution in [3.63, 3.8) is 0 Å². The van der Waals surface area contributed by atoms with Crippen LogP contribution in [0.1, 0.15) is 68.1 Å². The fraction of sp³-hybridized carbons (Fsp3) is 0.556. The van der Waals surface area contributed by atoms with Crippen LogP contribution in [0.4, 0.5) is 5.13 Å². The average Bonchev–Trinajstić information content (AvgIpc) is 3.60. The Bertz CT molecular complexity index is 1030. The van der Waals surface area contributed by atoms with Crippen molar-refractivity contribution in [3.05, 3.63) is 46.5 Å². The van der Waals surface area contributed by atoms with E-state index in [9.17, 15) is 14.4 Å². The maximum absolute atomic E-state index is 13.1. The van der Waals surface area contributed by atoms with Crippen LogP contribution in [0.15, 0.2) is 29.6 Å². The first-order valence-corrected chi connectivity index (χ1v) is 13.8. The maximum Gasteiger partial charge on any atom is 0.254 e. The van der Waals surface area contributed by atoms with E-state index in [4.69, 9.17) is 0 Å². The Kier molecular flexibility index (Phi) is 10.4. The number of aryl methyl sites for hydroxylation is 1. The lowest BCUT2D eigenvalue weighted by Gasteiger charge is -2.22. The van der Waals surface area contributed by atoms with Crippen LogP contribution in [0.5, 0.6) is 0 Å². The van der Waals surface area contributed by atoms with Crippen molar-refractivity contribution in [1.82, 2.24) is 20.1 Å². The third kappa shape index (κ3) is 8.41. The van der Waals surface area contributed by atoms with Crippen LogP contribution in [-0.2, 0) is 16.0 Å². The van der Waals surface area contributed by atoms with Crippen LogP contribution in [0.3, 0.4) is 0 Å². The minimum Gasteiger partial charge on any atom is -0.353 e. The van der Waals surface area contributed by atoms with Gasteiger partial charge in [0.25, 0.3) is 5.91 Å². The Balaban J connectivity index is 1.46. The van der Waals surface area contributed by atoms with Crippen molar-refractivity contribution in [2.75, 3.05) is 31.5 Å². The van der Waals surface area contributed by atoms with Gasteiger partial charge in [0.15, 0.2) is 5.13 Å². The van der Waals surface area contributed by atoms with Gasteiger partial charge in [-0.05, 0) is 70.8 Å². The number of rotatable bonds is 14. The van der Waals surface area contributed by atoms with Crippen LogP contribution in [-0.4, -0.2) is 70.8 Å². The van der Waals surface area contributed by atoms with E-state index in [0.29, 0.717) is 16.4 Å². The van der Waals surface area contributed by atoms with Gasteiger partial charge in [-0.1, -0.05) is 32.0 Å². The highest BCUT2D eigenvalue weighted by atomic mass is 32.1. The molecule has 1 heterocycles. The van der Waals surface area contributed by atoms with E-state index >= 15 is 0 Å². The van der Waals surface area contributed by atoms with Gasteiger partial charge in [-0.2, -0.15) is 0 Å². The third-order valence-corrected chi connectivity index (χ3v) is 7.30. The molecular formula is C27H39N5O3S. The quantitative estimate of drug-likeness (QED) is 0.400. The number of carbonyl (C=O) groups excluding carboxylic acids is 3. The molecule has 3 amide bonds. The molecule has 1 aliphatic rings. The minimum absolute atomic E-state index is 0.0156. The summed E-state index contributed by atoms with van der Waals surface area (Å²) < 4.78 is 0. The SMILES string of the molecule is CCN(CC)CCCC(C)NC(=O)Cc1csc(NC(=O)CN(C(=O)c2ccccc2C)C2CC2)n1. The van der Waals surface area contributed by atoms with Crippen LogP contribution in [0, 0.1) is 6.92 Å². The van der Waals surface area contributed by atoms with E-state index in [1.54, 1.807) is 16.3 Å². The number of nitrogens with zero attached hydrogens (tertiary/aromatic N) is 3. The van der Waals surface area contributed by atoms with Gasteiger partial charge < -0.3 is 20.4 Å². The van der Waals surface area contributed by atoms with E-state index in [1.165, 1.54) is 11.3 Å². The van der Waals surface area contributed by atoms with Gasteiger partial charge in [0.05, 0.1) is 12.1 Å². The summed E-state index contributed by atoms with van der Waals surface area (Å²) in [6, 6.07) is 7.64. The van der Waals surface area contributed by atoms with Crippen molar-refractivity contribution in [2.45, 2.75) is 71.9 Å². The second-order valence-electron chi connectivity index (χ2n) is 9.49. The van der Waals surface area contributed by atoms with Gasteiger partial charge in [-0.25, -0.2) is 4.98 Å². The molecule has 0 spiro atoms. The number of anilines is 1. The zero-order valence-corrected chi connectivity index (χ0v) is 22.7. The molecule has 1 aromatic carbocycles. The van der Waals surface area contributed by atoms with E-state index in [2.05, 4.69) is 34.4 Å². The molecule has 1 atom stereocenters. The van der Waals surface area contributed by atoms with E-state index in [1.807, 2.05) is 32.0 Å². The number of hydrogen-bond acceptors (Lipinski definition) is 6. The number of carbonyl (C=O) groups is 3. The zero-order valence-electron chi connectivity index (χ0n) is 21.9. The summed E-state index contributed by atoms with van der Waals surface area (Å²) in [7, 11) is 0. The lowest BCUT2D eigenvalue weighted by atomic mass is 10.1. The Morgan fingerprint density at radius 3 is 2.53 bits per heavy atom. The highest BCUT2D eigenvalue weighted by molar-refractivity contribution is 7.13. The topological polar surface area (TPSA) is 94.6 Å². The van der Waals surface area contributed by atoms with Gasteiger partial charge in [-0.3, -0.25) is 14.4 Å². The van der Waals surface area contributed by atoms with Crippen molar-refractivity contribution in [2.24, 2.45) is 0 Å². The predicted octanol–water partition coefficient (Wildman–Crippen LogP) is 3.86. The molecule has 2 aromatic rings. The maximum atomic E-state index is 13.1. The van der Waals surface area contributed by atoms with Crippen molar-refractivity contribution >= 4 is 34.2 Å². The molecule has 0 saturated heterocycles. The number of amides is 3. The molecule has 8 nitrogen and oxygen atoms in total. The molecule has 1 aromatic heterocycles. The number of aromatic nitrogens is 1. The monoisotopic (exact) mass is 513 g/mol. The van der Waals surface area contributed by atoms with Crippen molar-refractivity contribution in [3.8, 4) is 0 Å². The fourth-order valence-electron chi connectivity index (χ4n) is 4.20. The molecule has 0 bridgehead atoms. The molecule has 36 heavy (non-hydrogen) atoms. The summed E-state index contributed by atoms with van der Waals surface area (Å²) in [5.41, 5.74) is 2.15. The third-order valence-electron chi connectivity index (χ3n) is 6.49. The molecule has 0 radical (unpaired) electrons. The molecule has 1 fully saturated rings. The highest BCUT2D eigenvalue weighted by Gasteiger charge is 2.34. The molecule has 2 N–H and O–H groups in total. The molecule has 0 aliphatic heterocycles. The molecule has 3 rings (SSSR count). The summed E-state index contributed by atoms with van der Waals surface area (Å²) >= 11 is 1.29. The number of benzene rings is 1. The van der Waals surface area contributed by atoms with Gasteiger partial charge >= 0.3 is 0 Å². The van der Waals surface area contributed by atoms with Gasteiger partial charge in [0, 0.05) is 23.0 Å². The molecular weight excluding hydrogens is 474 g/mol. The van der Waals surface area contributed by atoms with Crippen LogP contribution < -0.4 is 10.6 Å². The molecule has 196 valence electrons. The lowest BCUT2D eigenvalue weighted by molar-refractivity contribution is -0.121. The summed E-state index contributed by atoms with van der Waals surface area (Å²) in [5.74, 6) is -0.471. The van der Waals surface area contributed by atoms with Crippen LogP contribution in [0.2, 0.25) is 0 Å². The van der Waals surface area contributed by atoms with E-state index < -0.39 is 0 Å². The Morgan fingerprint density at radius 1 is 1.14 bits per heavy atom. The predicted molar refractivity (Wildman–Crippen MR) is 144 cm³/mol. The molecule has 9 heteroatoms. The lowest BCUT2D eigenvalue weighted by Crippen LogP contribution is -2.39. The van der Waals surface area contributed by atoms with E-state index in [0.717, 1.165) is 50.9 Å². The first kappa shape index (κ1) is 27.8. The number of thiazole rings is 1. The fourth-order valence-corrected chi connectivity index (χ4v) is 4.93. The van der Waals surface area contributed by atoms with Gasteiger partial charge in [0.2, 0.25) is 11.8 Å². The first-order chi connectivity index (χ1) is 17.3. The standard InChI is InChI=1S/C27H39N5O3S/c1-5-31(6-2)15-9-11-20(4)28-24(33)16-21-18-36-27(29-21)30-25(34)17-32(22-13-14-22)26(35)23-12-8-7-10-19(23)3/h7-8,10,12,18,20,22H,5-6,9,11,13-17H2,1-4H3,(H,28,33)(H,29,30,34). The Labute approximate surface area is 218 Å². The second-order valence-corrected chi connectivity index (χ2v) is 10.3. The second kappa shape index (κ2) is 13.5. The Morgan fingerprint density at radius 2 is 1.86 bits per heavy atom. The molecule has 1 unspecified atom stereocenters. The van der Waals surface area contributed by atoms with Crippen molar-refractivity contribution in [1.29, 1.82) is 0 Å². The summed E-state index contributed by atoms with van der Waals surface area (Å²) in [6.45, 7) is 11.4. The smallest absolute Gasteiger partial charge is 0.254 e. The normalized spacial score (nSPS) is 13.9. The first-order valence-electron chi connectivity index (χ1n) is 12.9. The Hall–Kier alpha value is -2.78. The molecule has 1 saturated carbocycles. The van der Waals surface area contributed by atoms with Gasteiger partial charge in [-0.15, -0.1) is 11.3 Å². The number of hydrogen-bond donors (Lipinski definition) is 2. The zero-order chi connectivity index (χ0) is 26.1. The largest absolute Gasteiger partial charge is 0.353 e. The number of nitrogens with one attached hydrogen (secondary N) is 2. The summed E-state index contributed by atoms with van der Waals surface area (Å²) in [6.07, 6.45) is 3.97. The van der Waals surface area contributed by atoms with Gasteiger partial charge in [0.1, 0.15) is 6.54 Å². The van der Waals surface area contributed by atoms with Crippen LogP contribution in [0.25, 0.3) is 0 Å². The van der Waals surface area contributed by atoms with E-state index in [-0.39, 0.29) is 42.8 Å². The van der Waals surface area contributed by atoms with Crippen LogP contribution >= 0.6 is 11.3 Å². The summed E-state index contributed by atoms with van der Waals surface area (Å²) in [4.78, 5) is 46.7. The highest BCUT2D eigenvalue weighted by Crippen LogP contribution is 2.29. The molecule has 1 aliphatic carbocycles. The minimum atomic E-state index is -0.281.